The van der Waals surface area contributed by atoms with Crippen LogP contribution in [0.4, 0.5) is 0 Å². The molecular formula is C15H20N2O2S. The van der Waals surface area contributed by atoms with Crippen LogP contribution in [0.25, 0.3) is 0 Å². The summed E-state index contributed by atoms with van der Waals surface area (Å²) in [4.78, 5) is 0. The summed E-state index contributed by atoms with van der Waals surface area (Å²) in [6.45, 7) is 5.60. The first-order chi connectivity index (χ1) is 9.79. The molecule has 0 bridgehead atoms. The molecule has 1 aromatic carbocycles. The smallest absolute Gasteiger partial charge is 0.276 e. The summed E-state index contributed by atoms with van der Waals surface area (Å²) in [6, 6.07) is 10.4. The van der Waals surface area contributed by atoms with Crippen LogP contribution < -0.4 is 0 Å². The van der Waals surface area contributed by atoms with Gasteiger partial charge in [-0.3, -0.25) is 0 Å². The van der Waals surface area contributed by atoms with Gasteiger partial charge in [0.25, 0.3) is 5.22 Å². The van der Waals surface area contributed by atoms with Gasteiger partial charge >= 0.3 is 0 Å². The van der Waals surface area contributed by atoms with Crippen LogP contribution in [0.3, 0.4) is 0 Å². The normalized spacial score (nSPS) is 12.5. The van der Waals surface area contributed by atoms with Crippen molar-refractivity contribution in [2.75, 3.05) is 19.0 Å². The predicted octanol–water partition coefficient (Wildman–Crippen LogP) is 3.54. The third kappa shape index (κ3) is 4.65. The molecule has 0 saturated heterocycles. The van der Waals surface area contributed by atoms with Crippen LogP contribution in [0.2, 0.25) is 0 Å². The highest BCUT2D eigenvalue weighted by Gasteiger charge is 2.12. The van der Waals surface area contributed by atoms with Crippen LogP contribution in [0, 0.1) is 0 Å². The number of aromatic nitrogens is 2. The molecule has 0 N–H and O–H groups in total. The lowest BCUT2D eigenvalue weighted by Crippen LogP contribution is -1.98. The van der Waals surface area contributed by atoms with Gasteiger partial charge in [-0.2, -0.15) is 0 Å². The Kier molecular flexibility index (Phi) is 6.08. The fourth-order valence-corrected chi connectivity index (χ4v) is 2.50. The SMILES string of the molecule is CCOCCSc1nnc(CC(C)c2ccccc2)o1. The van der Waals surface area contributed by atoms with Crippen molar-refractivity contribution in [3.05, 3.63) is 41.8 Å². The van der Waals surface area contributed by atoms with Crippen molar-refractivity contribution in [3.8, 4) is 0 Å². The van der Waals surface area contributed by atoms with Crippen molar-refractivity contribution in [2.45, 2.75) is 31.4 Å². The largest absolute Gasteiger partial charge is 0.416 e. The maximum atomic E-state index is 5.64. The zero-order chi connectivity index (χ0) is 14.2. The number of rotatable bonds is 8. The van der Waals surface area contributed by atoms with Crippen LogP contribution >= 0.6 is 11.8 Å². The first-order valence-corrected chi connectivity index (χ1v) is 7.86. The van der Waals surface area contributed by atoms with E-state index in [0.717, 1.165) is 18.8 Å². The molecule has 2 rings (SSSR count). The van der Waals surface area contributed by atoms with Gasteiger partial charge in [-0.1, -0.05) is 49.0 Å². The second-order valence-electron chi connectivity index (χ2n) is 4.52. The molecule has 5 heteroatoms. The Hall–Kier alpha value is -1.33. The van der Waals surface area contributed by atoms with Crippen molar-refractivity contribution in [1.82, 2.24) is 10.2 Å². The van der Waals surface area contributed by atoms with E-state index in [4.69, 9.17) is 9.15 Å². The van der Waals surface area contributed by atoms with Gasteiger partial charge in [0.1, 0.15) is 0 Å². The molecule has 0 aliphatic carbocycles. The summed E-state index contributed by atoms with van der Waals surface area (Å²) in [5.74, 6) is 1.90. The molecule has 0 fully saturated rings. The molecule has 1 heterocycles. The molecule has 0 aliphatic heterocycles. The van der Waals surface area contributed by atoms with Gasteiger partial charge in [0.05, 0.1) is 6.61 Å². The molecule has 1 atom stereocenters. The fourth-order valence-electron chi connectivity index (χ4n) is 1.87. The Morgan fingerprint density at radius 1 is 1.25 bits per heavy atom. The number of nitrogens with zero attached hydrogens (tertiary/aromatic N) is 2. The van der Waals surface area contributed by atoms with Gasteiger partial charge in [0.15, 0.2) is 0 Å². The summed E-state index contributed by atoms with van der Waals surface area (Å²) >= 11 is 1.54. The van der Waals surface area contributed by atoms with E-state index in [9.17, 15) is 0 Å². The molecule has 0 amide bonds. The van der Waals surface area contributed by atoms with E-state index < -0.39 is 0 Å². The highest BCUT2D eigenvalue weighted by molar-refractivity contribution is 7.99. The third-order valence-corrected chi connectivity index (χ3v) is 3.74. The second kappa shape index (κ2) is 8.07. The Morgan fingerprint density at radius 2 is 2.05 bits per heavy atom. The minimum Gasteiger partial charge on any atom is -0.416 e. The topological polar surface area (TPSA) is 48.2 Å². The van der Waals surface area contributed by atoms with E-state index in [1.54, 1.807) is 0 Å². The average molecular weight is 292 g/mol. The maximum Gasteiger partial charge on any atom is 0.276 e. The van der Waals surface area contributed by atoms with Gasteiger partial charge < -0.3 is 9.15 Å². The van der Waals surface area contributed by atoms with Gasteiger partial charge in [-0.05, 0) is 18.4 Å². The number of hydrogen-bond donors (Lipinski definition) is 0. The lowest BCUT2D eigenvalue weighted by Gasteiger charge is -2.08. The quantitative estimate of drug-likeness (QED) is 0.550. The number of hydrogen-bond acceptors (Lipinski definition) is 5. The number of thioether (sulfide) groups is 1. The molecule has 1 aromatic heterocycles. The second-order valence-corrected chi connectivity index (χ2v) is 5.57. The van der Waals surface area contributed by atoms with Gasteiger partial charge in [0, 0.05) is 18.8 Å². The molecule has 2 aromatic rings. The fraction of sp³-hybridized carbons (Fsp3) is 0.467. The first kappa shape index (κ1) is 15.1. The van der Waals surface area contributed by atoms with Gasteiger partial charge in [-0.25, -0.2) is 0 Å². The van der Waals surface area contributed by atoms with Crippen molar-refractivity contribution < 1.29 is 9.15 Å². The van der Waals surface area contributed by atoms with E-state index >= 15 is 0 Å². The van der Waals surface area contributed by atoms with Gasteiger partial charge in [-0.15, -0.1) is 10.2 Å². The molecule has 20 heavy (non-hydrogen) atoms. The summed E-state index contributed by atoms with van der Waals surface area (Å²) in [7, 11) is 0. The molecule has 0 radical (unpaired) electrons. The highest BCUT2D eigenvalue weighted by atomic mass is 32.2. The van der Waals surface area contributed by atoms with Crippen LogP contribution in [0.15, 0.2) is 40.0 Å². The van der Waals surface area contributed by atoms with Crippen molar-refractivity contribution >= 4 is 11.8 Å². The highest BCUT2D eigenvalue weighted by Crippen LogP contribution is 2.22. The van der Waals surface area contributed by atoms with Crippen LogP contribution in [-0.2, 0) is 11.2 Å². The minimum atomic E-state index is 0.373. The molecule has 108 valence electrons. The Bertz CT molecular complexity index is 502. The van der Waals surface area contributed by atoms with Crippen LogP contribution in [0.5, 0.6) is 0 Å². The molecule has 0 aliphatic rings. The lowest BCUT2D eigenvalue weighted by atomic mass is 9.98. The Balaban J connectivity index is 1.83. The van der Waals surface area contributed by atoms with E-state index in [1.165, 1.54) is 17.3 Å². The van der Waals surface area contributed by atoms with Crippen LogP contribution in [-0.4, -0.2) is 29.2 Å². The van der Waals surface area contributed by atoms with Gasteiger partial charge in [0.2, 0.25) is 5.89 Å². The van der Waals surface area contributed by atoms with E-state index in [1.807, 2.05) is 13.0 Å². The van der Waals surface area contributed by atoms with E-state index in [2.05, 4.69) is 41.4 Å². The summed E-state index contributed by atoms with van der Waals surface area (Å²) in [5.41, 5.74) is 1.29. The number of benzene rings is 1. The zero-order valence-corrected chi connectivity index (χ0v) is 12.7. The number of ether oxygens (including phenoxy) is 1. The van der Waals surface area contributed by atoms with Crippen molar-refractivity contribution in [3.63, 3.8) is 0 Å². The first-order valence-electron chi connectivity index (χ1n) is 6.87. The standard InChI is InChI=1S/C15H20N2O2S/c1-3-18-9-10-20-15-17-16-14(19-15)11-12(2)13-7-5-4-6-8-13/h4-8,12H,3,9-11H2,1-2H3. The maximum absolute atomic E-state index is 5.64. The third-order valence-electron chi connectivity index (χ3n) is 2.96. The summed E-state index contributed by atoms with van der Waals surface area (Å²) in [6.07, 6.45) is 0.767. The zero-order valence-electron chi connectivity index (χ0n) is 11.9. The van der Waals surface area contributed by atoms with Crippen molar-refractivity contribution in [1.29, 1.82) is 0 Å². The van der Waals surface area contributed by atoms with E-state index in [0.29, 0.717) is 23.6 Å². The predicted molar refractivity (Wildman–Crippen MR) is 80.1 cm³/mol. The van der Waals surface area contributed by atoms with Crippen molar-refractivity contribution in [2.24, 2.45) is 0 Å². The lowest BCUT2D eigenvalue weighted by molar-refractivity contribution is 0.164. The van der Waals surface area contributed by atoms with E-state index in [-0.39, 0.29) is 0 Å². The average Bonchev–Trinajstić information content (AvgIpc) is 2.92. The van der Waals surface area contributed by atoms with Crippen LogP contribution in [0.1, 0.15) is 31.2 Å². The molecule has 1 unspecified atom stereocenters. The Morgan fingerprint density at radius 3 is 2.80 bits per heavy atom. The molecular weight excluding hydrogens is 272 g/mol. The molecule has 0 saturated carbocycles. The molecule has 4 nitrogen and oxygen atoms in total. The monoisotopic (exact) mass is 292 g/mol. The summed E-state index contributed by atoms with van der Waals surface area (Å²) < 4.78 is 10.9. The Labute approximate surface area is 123 Å². The molecule has 0 spiro atoms. The summed E-state index contributed by atoms with van der Waals surface area (Å²) in [5, 5.41) is 8.78. The minimum absolute atomic E-state index is 0.373.